The second-order valence-electron chi connectivity index (χ2n) is 8.30. The number of nitrogens with zero attached hydrogens (tertiary/aromatic N) is 1. The molecule has 7 heteroatoms. The summed E-state index contributed by atoms with van der Waals surface area (Å²) in [6, 6.07) is 6.19. The molecule has 0 N–H and O–H groups in total. The number of amides is 2. The van der Waals surface area contributed by atoms with Crippen LogP contribution in [0.1, 0.15) is 61.8 Å². The minimum absolute atomic E-state index is 0.159. The Morgan fingerprint density at radius 2 is 1.46 bits per heavy atom. The van der Waals surface area contributed by atoms with Crippen LogP contribution in [-0.2, 0) is 19.2 Å². The van der Waals surface area contributed by atoms with Crippen LogP contribution >= 0.6 is 0 Å². The van der Waals surface area contributed by atoms with Crippen molar-refractivity contribution in [3.05, 3.63) is 35.4 Å². The Kier molecular flexibility index (Phi) is 3.76. The first-order valence-corrected chi connectivity index (χ1v) is 8.34. The number of fused-ring (bicyclic) bond motifs is 1. The molecule has 0 aromatic heterocycles. The van der Waals surface area contributed by atoms with Gasteiger partial charge in [0.05, 0.1) is 11.1 Å². The third-order valence-electron chi connectivity index (χ3n) is 4.76. The lowest BCUT2D eigenvalue weighted by molar-refractivity contribution is -0.187. The van der Waals surface area contributed by atoms with Gasteiger partial charge in [-0.05, 0) is 44.7 Å². The van der Waals surface area contributed by atoms with Crippen molar-refractivity contribution in [2.45, 2.75) is 46.6 Å². The third-order valence-corrected chi connectivity index (χ3v) is 4.76. The fraction of sp³-hybridized carbons (Fsp3) is 0.474. The topological polar surface area (TPSA) is 90.0 Å². The molecule has 1 aliphatic carbocycles. The van der Waals surface area contributed by atoms with Gasteiger partial charge in [0.25, 0.3) is 11.8 Å². The van der Waals surface area contributed by atoms with Crippen molar-refractivity contribution in [2.75, 3.05) is 0 Å². The van der Waals surface area contributed by atoms with Crippen LogP contribution in [-0.4, -0.2) is 34.4 Å². The van der Waals surface area contributed by atoms with Gasteiger partial charge >= 0.3 is 11.9 Å². The van der Waals surface area contributed by atoms with E-state index in [9.17, 15) is 19.2 Å². The summed E-state index contributed by atoms with van der Waals surface area (Å²) < 4.78 is 5.37. The highest BCUT2D eigenvalue weighted by molar-refractivity contribution is 6.21. The van der Waals surface area contributed by atoms with E-state index in [1.54, 1.807) is 46.8 Å². The van der Waals surface area contributed by atoms with Crippen molar-refractivity contribution in [3.8, 4) is 0 Å². The Labute approximate surface area is 151 Å². The van der Waals surface area contributed by atoms with Crippen LogP contribution in [0.15, 0.2) is 24.3 Å². The van der Waals surface area contributed by atoms with E-state index in [1.807, 2.05) is 0 Å². The van der Waals surface area contributed by atoms with Crippen LogP contribution < -0.4 is 0 Å². The largest absolute Gasteiger partial charge is 0.459 e. The molecule has 1 saturated carbocycles. The Bertz CT molecular complexity index is 800. The number of benzene rings is 1. The molecule has 1 heterocycles. The minimum Gasteiger partial charge on any atom is -0.459 e. The van der Waals surface area contributed by atoms with Gasteiger partial charge < -0.3 is 9.57 Å². The van der Waals surface area contributed by atoms with Gasteiger partial charge in [0, 0.05) is 0 Å². The second-order valence-corrected chi connectivity index (χ2v) is 8.30. The van der Waals surface area contributed by atoms with Crippen molar-refractivity contribution in [3.63, 3.8) is 0 Å². The number of imide groups is 1. The van der Waals surface area contributed by atoms with E-state index >= 15 is 0 Å². The molecule has 1 aromatic rings. The maximum Gasteiger partial charge on any atom is 0.351 e. The zero-order valence-electron chi connectivity index (χ0n) is 15.4. The van der Waals surface area contributed by atoms with Gasteiger partial charge in [-0.3, -0.25) is 14.4 Å². The number of hydroxylamine groups is 2. The molecule has 0 radical (unpaired) electrons. The Morgan fingerprint density at radius 3 is 1.85 bits per heavy atom. The number of hydrogen-bond acceptors (Lipinski definition) is 6. The first kappa shape index (κ1) is 18.1. The molecule has 1 aromatic carbocycles. The van der Waals surface area contributed by atoms with Crippen LogP contribution in [0, 0.1) is 10.8 Å². The van der Waals surface area contributed by atoms with Crippen molar-refractivity contribution in [1.82, 2.24) is 5.06 Å². The minimum atomic E-state index is -1.53. The maximum absolute atomic E-state index is 12.8. The van der Waals surface area contributed by atoms with E-state index in [2.05, 4.69) is 0 Å². The summed E-state index contributed by atoms with van der Waals surface area (Å²) in [5, 5.41) is 0.424. The monoisotopic (exact) mass is 359 g/mol. The summed E-state index contributed by atoms with van der Waals surface area (Å²) in [5.74, 6) is -3.11. The molecule has 26 heavy (non-hydrogen) atoms. The molecular weight excluding hydrogens is 338 g/mol. The highest BCUT2D eigenvalue weighted by Crippen LogP contribution is 2.65. The van der Waals surface area contributed by atoms with Gasteiger partial charge in [-0.25, -0.2) is 4.79 Å². The molecule has 2 aliphatic rings. The zero-order valence-corrected chi connectivity index (χ0v) is 15.4. The molecule has 2 amide bonds. The zero-order chi connectivity index (χ0) is 19.5. The maximum atomic E-state index is 12.8. The van der Waals surface area contributed by atoms with Crippen LogP contribution in [0.2, 0.25) is 0 Å². The van der Waals surface area contributed by atoms with Gasteiger partial charge in [0.15, 0.2) is 5.41 Å². The van der Waals surface area contributed by atoms with Crippen LogP contribution in [0.3, 0.4) is 0 Å². The van der Waals surface area contributed by atoms with Crippen molar-refractivity contribution in [1.29, 1.82) is 0 Å². The fourth-order valence-corrected chi connectivity index (χ4v) is 3.18. The average molecular weight is 359 g/mol. The van der Waals surface area contributed by atoms with E-state index in [1.165, 1.54) is 12.1 Å². The SMILES string of the molecule is CC(C)(C)OC(=O)C1(C(=O)ON2C(=O)c3ccccc3C2=O)CC1(C)C. The molecule has 3 rings (SSSR count). The summed E-state index contributed by atoms with van der Waals surface area (Å²) in [4.78, 5) is 55.3. The van der Waals surface area contributed by atoms with Gasteiger partial charge in [0.1, 0.15) is 5.60 Å². The lowest BCUT2D eigenvalue weighted by Crippen LogP contribution is -2.42. The van der Waals surface area contributed by atoms with Crippen molar-refractivity contribution >= 4 is 23.8 Å². The van der Waals surface area contributed by atoms with Crippen LogP contribution in [0.25, 0.3) is 0 Å². The number of hydrogen-bond donors (Lipinski definition) is 0. The summed E-state index contributed by atoms with van der Waals surface area (Å²) >= 11 is 0. The Hall–Kier alpha value is -2.70. The van der Waals surface area contributed by atoms with Crippen LogP contribution in [0.5, 0.6) is 0 Å². The highest BCUT2D eigenvalue weighted by Gasteiger charge is 2.75. The molecule has 1 atom stereocenters. The normalized spacial score (nSPS) is 23.5. The van der Waals surface area contributed by atoms with Gasteiger partial charge in [-0.15, -0.1) is 0 Å². The molecule has 0 bridgehead atoms. The Balaban J connectivity index is 1.84. The number of esters is 1. The van der Waals surface area contributed by atoms with Gasteiger partial charge in [-0.2, -0.15) is 0 Å². The van der Waals surface area contributed by atoms with Crippen molar-refractivity contribution in [2.24, 2.45) is 10.8 Å². The molecule has 138 valence electrons. The number of carbonyl (C=O) groups is 4. The lowest BCUT2D eigenvalue weighted by atomic mass is 9.96. The first-order chi connectivity index (χ1) is 11.9. The molecule has 0 spiro atoms. The van der Waals surface area contributed by atoms with Gasteiger partial charge in [-0.1, -0.05) is 31.0 Å². The highest BCUT2D eigenvalue weighted by atomic mass is 16.7. The summed E-state index contributed by atoms with van der Waals surface area (Å²) in [6.45, 7) is 8.57. The molecular formula is C19H21NO6. The van der Waals surface area contributed by atoms with E-state index in [0.717, 1.165) is 0 Å². The van der Waals surface area contributed by atoms with Crippen LogP contribution in [0.4, 0.5) is 0 Å². The fourth-order valence-electron chi connectivity index (χ4n) is 3.18. The smallest absolute Gasteiger partial charge is 0.351 e. The van der Waals surface area contributed by atoms with E-state index in [4.69, 9.17) is 9.57 Å². The molecule has 1 aliphatic heterocycles. The lowest BCUT2D eigenvalue weighted by Gasteiger charge is -2.25. The molecule has 0 saturated heterocycles. The Morgan fingerprint density at radius 1 is 1.00 bits per heavy atom. The summed E-state index contributed by atoms with van der Waals surface area (Å²) in [5.41, 5.74) is -2.68. The quantitative estimate of drug-likeness (QED) is 0.468. The average Bonchev–Trinajstić information content (AvgIpc) is 3.05. The predicted molar refractivity (Wildman–Crippen MR) is 89.7 cm³/mol. The van der Waals surface area contributed by atoms with E-state index < -0.39 is 40.2 Å². The number of rotatable bonds is 3. The molecule has 1 unspecified atom stereocenters. The molecule has 7 nitrogen and oxygen atoms in total. The number of ether oxygens (including phenoxy) is 1. The standard InChI is InChI=1S/C19H21NO6/c1-17(2,3)25-15(23)19(10-18(19,4)5)16(24)26-20-13(21)11-8-6-7-9-12(11)14(20)22/h6-9H,10H2,1-5H3. The molecule has 1 fully saturated rings. The first-order valence-electron chi connectivity index (χ1n) is 8.34. The third kappa shape index (κ3) is 2.58. The van der Waals surface area contributed by atoms with E-state index in [0.29, 0.717) is 5.06 Å². The van der Waals surface area contributed by atoms with Crippen molar-refractivity contribution < 1.29 is 28.8 Å². The summed E-state index contributed by atoms with van der Waals surface area (Å²) in [6.07, 6.45) is 0.219. The van der Waals surface area contributed by atoms with Gasteiger partial charge in [0.2, 0.25) is 0 Å². The predicted octanol–water partition coefficient (Wildman–Crippen LogP) is 2.50. The summed E-state index contributed by atoms with van der Waals surface area (Å²) in [7, 11) is 0. The van der Waals surface area contributed by atoms with E-state index in [-0.39, 0.29) is 17.5 Å². The number of carbonyl (C=O) groups excluding carboxylic acids is 4. The second kappa shape index (κ2) is 5.40.